The number of benzene rings is 2. The molecule has 4 rings (SSSR count). The van der Waals surface area contributed by atoms with Crippen LogP contribution in [0.4, 0.5) is 4.39 Å². The number of hydrogen-bond donors (Lipinski definition) is 1. The van der Waals surface area contributed by atoms with E-state index in [9.17, 15) is 9.50 Å². The second-order valence-corrected chi connectivity index (χ2v) is 9.94. The molecule has 2 aromatic rings. The Morgan fingerprint density at radius 2 is 1.84 bits per heavy atom. The monoisotopic (exact) mass is 456 g/mol. The summed E-state index contributed by atoms with van der Waals surface area (Å²) in [7, 11) is 2.17. The maximum atomic E-state index is 13.5. The minimum atomic E-state index is -0.959. The maximum absolute atomic E-state index is 13.5. The van der Waals surface area contributed by atoms with Gasteiger partial charge in [0.15, 0.2) is 0 Å². The Labute approximate surface area is 196 Å². The van der Waals surface area contributed by atoms with Gasteiger partial charge in [-0.2, -0.15) is 0 Å². The van der Waals surface area contributed by atoms with Gasteiger partial charge in [0, 0.05) is 50.1 Å². The summed E-state index contributed by atoms with van der Waals surface area (Å²) < 4.78 is 13.5. The van der Waals surface area contributed by atoms with E-state index in [1.807, 2.05) is 18.2 Å². The minimum absolute atomic E-state index is 0.138. The van der Waals surface area contributed by atoms with Gasteiger partial charge in [0.25, 0.3) is 0 Å². The number of aliphatic hydroxyl groups is 1. The fraction of sp³-hybridized carbons (Fsp3) is 0.481. The highest BCUT2D eigenvalue weighted by atomic mass is 35.5. The summed E-state index contributed by atoms with van der Waals surface area (Å²) in [6.07, 6.45) is 6.66. The van der Waals surface area contributed by atoms with Gasteiger partial charge in [0.1, 0.15) is 5.82 Å². The van der Waals surface area contributed by atoms with E-state index in [0.717, 1.165) is 75.1 Å². The summed E-state index contributed by atoms with van der Waals surface area (Å²) >= 11 is 6.28. The van der Waals surface area contributed by atoms with Crippen LogP contribution in [0.2, 0.25) is 5.02 Å². The smallest absolute Gasteiger partial charge is 0.123 e. The first-order valence-corrected chi connectivity index (χ1v) is 12.1. The van der Waals surface area contributed by atoms with Gasteiger partial charge in [-0.15, -0.1) is 0 Å². The van der Waals surface area contributed by atoms with Crippen molar-refractivity contribution in [2.24, 2.45) is 5.92 Å². The molecule has 0 aromatic heterocycles. The minimum Gasteiger partial charge on any atom is -0.385 e. The standard InChI is InChI=1S/C27H34ClFN2O/c1-30-13-15-31(16-14-30)20-24-7-3-2-6-23(17-21-9-11-26(29)12-10-21)27(24,32)19-22-5-4-8-25(28)18-22/h4-5,8-12,17-18,24,32H,2-3,6-7,13-16,19-20H2,1H3. The van der Waals surface area contributed by atoms with E-state index in [2.05, 4.69) is 29.0 Å². The van der Waals surface area contributed by atoms with Crippen LogP contribution in [0.1, 0.15) is 36.8 Å². The van der Waals surface area contributed by atoms with E-state index in [1.54, 1.807) is 12.1 Å². The predicted molar refractivity (Wildman–Crippen MR) is 130 cm³/mol. The van der Waals surface area contributed by atoms with Crippen molar-refractivity contribution >= 4 is 17.7 Å². The molecule has 0 bridgehead atoms. The molecule has 1 aliphatic heterocycles. The number of halogens is 2. The van der Waals surface area contributed by atoms with Crippen LogP contribution >= 0.6 is 11.6 Å². The van der Waals surface area contributed by atoms with Crippen molar-refractivity contribution in [3.05, 3.63) is 76.1 Å². The molecule has 1 saturated heterocycles. The van der Waals surface area contributed by atoms with Crippen LogP contribution in [0.3, 0.4) is 0 Å². The summed E-state index contributed by atoms with van der Waals surface area (Å²) in [5, 5.41) is 13.1. The molecule has 1 heterocycles. The number of piperazine rings is 1. The second kappa shape index (κ2) is 10.5. The zero-order valence-corrected chi connectivity index (χ0v) is 19.7. The van der Waals surface area contributed by atoms with Gasteiger partial charge in [0.2, 0.25) is 0 Å². The molecular formula is C27H34ClFN2O. The van der Waals surface area contributed by atoms with Crippen molar-refractivity contribution in [1.82, 2.24) is 9.80 Å². The van der Waals surface area contributed by atoms with Crippen LogP contribution in [0.15, 0.2) is 54.1 Å². The lowest BCUT2D eigenvalue weighted by atomic mass is 9.74. The molecule has 1 N–H and O–H groups in total. The molecule has 2 aliphatic rings. The first kappa shape index (κ1) is 23.4. The summed E-state index contributed by atoms with van der Waals surface area (Å²) in [5.74, 6) is -0.103. The van der Waals surface area contributed by atoms with Crippen molar-refractivity contribution in [3.63, 3.8) is 0 Å². The van der Waals surface area contributed by atoms with E-state index in [0.29, 0.717) is 11.4 Å². The Hall–Kier alpha value is -1.72. The Balaban J connectivity index is 1.68. The highest BCUT2D eigenvalue weighted by molar-refractivity contribution is 6.30. The van der Waals surface area contributed by atoms with Crippen molar-refractivity contribution in [2.75, 3.05) is 39.8 Å². The third-order valence-corrected chi connectivity index (χ3v) is 7.36. The molecule has 172 valence electrons. The van der Waals surface area contributed by atoms with Gasteiger partial charge < -0.3 is 14.9 Å². The van der Waals surface area contributed by atoms with Crippen LogP contribution in [-0.4, -0.2) is 60.3 Å². The third kappa shape index (κ3) is 5.79. The fourth-order valence-corrected chi connectivity index (χ4v) is 5.39. The van der Waals surface area contributed by atoms with E-state index in [1.165, 1.54) is 12.1 Å². The molecule has 0 radical (unpaired) electrons. The molecule has 0 amide bonds. The average Bonchev–Trinajstić information content (AvgIpc) is 2.91. The highest BCUT2D eigenvalue weighted by Crippen LogP contribution is 2.41. The van der Waals surface area contributed by atoms with Gasteiger partial charge >= 0.3 is 0 Å². The fourth-order valence-electron chi connectivity index (χ4n) is 5.18. The molecule has 1 aliphatic carbocycles. The van der Waals surface area contributed by atoms with Gasteiger partial charge in [-0.3, -0.25) is 0 Å². The lowest BCUT2D eigenvalue weighted by Gasteiger charge is -2.42. The molecule has 5 heteroatoms. The van der Waals surface area contributed by atoms with E-state index < -0.39 is 5.60 Å². The second-order valence-electron chi connectivity index (χ2n) is 9.50. The molecule has 3 nitrogen and oxygen atoms in total. The molecule has 1 saturated carbocycles. The first-order valence-electron chi connectivity index (χ1n) is 11.8. The molecule has 2 atom stereocenters. The van der Waals surface area contributed by atoms with Crippen molar-refractivity contribution in [3.8, 4) is 0 Å². The van der Waals surface area contributed by atoms with Crippen molar-refractivity contribution in [1.29, 1.82) is 0 Å². The Kier molecular flexibility index (Phi) is 7.67. The largest absolute Gasteiger partial charge is 0.385 e. The molecule has 2 fully saturated rings. The SMILES string of the molecule is CN1CCN(CC2CCCCC(=Cc3ccc(F)cc3)C2(O)Cc2cccc(Cl)c2)CC1. The molecule has 2 unspecified atom stereocenters. The number of hydrogen-bond acceptors (Lipinski definition) is 3. The van der Waals surface area contributed by atoms with Gasteiger partial charge in [-0.05, 0) is 67.3 Å². The van der Waals surface area contributed by atoms with Crippen molar-refractivity contribution in [2.45, 2.75) is 37.7 Å². The van der Waals surface area contributed by atoms with Gasteiger partial charge in [0.05, 0.1) is 5.60 Å². The van der Waals surface area contributed by atoms with Gasteiger partial charge in [-0.25, -0.2) is 4.39 Å². The Bertz CT molecular complexity index is 924. The first-order chi connectivity index (χ1) is 15.4. The van der Waals surface area contributed by atoms with Gasteiger partial charge in [-0.1, -0.05) is 48.4 Å². The zero-order valence-electron chi connectivity index (χ0n) is 18.9. The normalized spacial score (nSPS) is 26.9. The third-order valence-electron chi connectivity index (χ3n) is 7.13. The molecule has 2 aromatic carbocycles. The molecular weight excluding hydrogens is 423 g/mol. The summed E-state index contributed by atoms with van der Waals surface area (Å²) in [5.41, 5.74) is 2.08. The number of rotatable bonds is 5. The molecule has 0 spiro atoms. The van der Waals surface area contributed by atoms with Crippen LogP contribution in [0.5, 0.6) is 0 Å². The number of likely N-dealkylation sites (N-methyl/N-ethyl adjacent to an activating group) is 1. The Morgan fingerprint density at radius 1 is 1.09 bits per heavy atom. The lowest BCUT2D eigenvalue weighted by Crippen LogP contribution is -2.51. The van der Waals surface area contributed by atoms with Crippen LogP contribution < -0.4 is 0 Å². The summed E-state index contributed by atoms with van der Waals surface area (Å²) in [4.78, 5) is 4.87. The lowest BCUT2D eigenvalue weighted by molar-refractivity contribution is -0.00643. The van der Waals surface area contributed by atoms with E-state index >= 15 is 0 Å². The van der Waals surface area contributed by atoms with Crippen LogP contribution in [-0.2, 0) is 6.42 Å². The Morgan fingerprint density at radius 3 is 2.56 bits per heavy atom. The maximum Gasteiger partial charge on any atom is 0.123 e. The zero-order chi connectivity index (χ0) is 22.6. The van der Waals surface area contributed by atoms with E-state index in [4.69, 9.17) is 11.6 Å². The predicted octanol–water partition coefficient (Wildman–Crippen LogP) is 5.27. The van der Waals surface area contributed by atoms with Crippen LogP contribution in [0.25, 0.3) is 6.08 Å². The number of nitrogens with zero attached hydrogens (tertiary/aromatic N) is 2. The summed E-state index contributed by atoms with van der Waals surface area (Å²) in [6, 6.07) is 14.4. The quantitative estimate of drug-likeness (QED) is 0.620. The van der Waals surface area contributed by atoms with Crippen LogP contribution in [0, 0.1) is 11.7 Å². The highest BCUT2D eigenvalue weighted by Gasteiger charge is 2.42. The van der Waals surface area contributed by atoms with E-state index in [-0.39, 0.29) is 11.7 Å². The topological polar surface area (TPSA) is 26.7 Å². The summed E-state index contributed by atoms with van der Waals surface area (Å²) in [6.45, 7) is 5.11. The van der Waals surface area contributed by atoms with Crippen molar-refractivity contribution < 1.29 is 9.50 Å². The molecule has 32 heavy (non-hydrogen) atoms. The average molecular weight is 457 g/mol.